The molecule has 25 heavy (non-hydrogen) atoms. The average molecular weight is 364 g/mol. The third-order valence-corrected chi connectivity index (χ3v) is 4.95. The number of nitrogens with one attached hydrogen (secondary N) is 1. The molecule has 1 heterocycles. The van der Waals surface area contributed by atoms with Crippen LogP contribution >= 0.6 is 11.3 Å². The maximum atomic E-state index is 12.4. The Bertz CT molecular complexity index is 765. The van der Waals surface area contributed by atoms with Crippen LogP contribution in [0.2, 0.25) is 0 Å². The lowest BCUT2D eigenvalue weighted by atomic mass is 10.1. The third-order valence-electron chi connectivity index (χ3n) is 3.62. The van der Waals surface area contributed by atoms with Crippen molar-refractivity contribution in [2.24, 2.45) is 0 Å². The summed E-state index contributed by atoms with van der Waals surface area (Å²) in [5.74, 6) is -0.112. The van der Waals surface area contributed by atoms with Crippen LogP contribution in [-0.2, 0) is 11.2 Å². The van der Waals surface area contributed by atoms with Crippen LogP contribution in [0.4, 0.5) is 0 Å². The van der Waals surface area contributed by atoms with E-state index in [2.05, 4.69) is 10.3 Å². The molecule has 8 heteroatoms. The van der Waals surface area contributed by atoms with Crippen molar-refractivity contribution in [2.45, 2.75) is 26.3 Å². The van der Waals surface area contributed by atoms with Gasteiger partial charge in [0.05, 0.1) is 32.4 Å². The number of aryl methyl sites for hydroxylation is 1. The van der Waals surface area contributed by atoms with E-state index in [0.717, 1.165) is 11.3 Å². The van der Waals surface area contributed by atoms with Gasteiger partial charge < -0.3 is 19.9 Å². The molecular weight excluding hydrogens is 344 g/mol. The number of carbonyl (C=O) groups is 2. The molecule has 0 aliphatic rings. The first kappa shape index (κ1) is 18.7. The Kier molecular flexibility index (Phi) is 5.97. The van der Waals surface area contributed by atoms with E-state index in [1.54, 1.807) is 32.0 Å². The zero-order chi connectivity index (χ0) is 18.6. The molecule has 0 aliphatic carbocycles. The van der Waals surface area contributed by atoms with Gasteiger partial charge >= 0.3 is 5.97 Å². The molecule has 0 fully saturated rings. The lowest BCUT2D eigenvalue weighted by Crippen LogP contribution is -2.28. The monoisotopic (exact) mass is 364 g/mol. The summed E-state index contributed by atoms with van der Waals surface area (Å²) < 4.78 is 10.6. The topological polar surface area (TPSA) is 97.8 Å². The third kappa shape index (κ3) is 4.27. The number of amides is 1. The largest absolute Gasteiger partial charge is 0.496 e. The number of hydrogen-bond acceptors (Lipinski definition) is 6. The molecule has 0 radical (unpaired) electrons. The Hall–Kier alpha value is -2.61. The van der Waals surface area contributed by atoms with Crippen LogP contribution in [0.25, 0.3) is 0 Å². The maximum Gasteiger partial charge on any atom is 0.347 e. The summed E-state index contributed by atoms with van der Waals surface area (Å²) in [7, 11) is 3.06. The van der Waals surface area contributed by atoms with Crippen LogP contribution in [0, 0.1) is 6.92 Å². The highest BCUT2D eigenvalue weighted by Gasteiger charge is 2.20. The molecule has 0 bridgehead atoms. The van der Waals surface area contributed by atoms with Crippen LogP contribution in [-0.4, -0.2) is 36.2 Å². The van der Waals surface area contributed by atoms with E-state index in [1.165, 1.54) is 14.2 Å². The van der Waals surface area contributed by atoms with Gasteiger partial charge in [0.2, 0.25) is 5.91 Å². The smallest absolute Gasteiger partial charge is 0.347 e. The summed E-state index contributed by atoms with van der Waals surface area (Å²) in [6.07, 6.45) is 0.0771. The minimum atomic E-state index is -1.02. The lowest BCUT2D eigenvalue weighted by Gasteiger charge is -2.15. The van der Waals surface area contributed by atoms with Gasteiger partial charge in [-0.1, -0.05) is 6.07 Å². The Labute approximate surface area is 149 Å². The van der Waals surface area contributed by atoms with Gasteiger partial charge in [-0.2, -0.15) is 0 Å². The van der Waals surface area contributed by atoms with Crippen LogP contribution in [0.5, 0.6) is 11.5 Å². The summed E-state index contributed by atoms with van der Waals surface area (Å²) in [6, 6.07) is 4.91. The van der Waals surface area contributed by atoms with Crippen molar-refractivity contribution in [2.75, 3.05) is 14.2 Å². The number of hydrogen-bond donors (Lipinski definition) is 2. The van der Waals surface area contributed by atoms with Crippen molar-refractivity contribution in [3.8, 4) is 11.5 Å². The lowest BCUT2D eigenvalue weighted by molar-refractivity contribution is -0.121. The van der Waals surface area contributed by atoms with E-state index in [0.29, 0.717) is 27.8 Å². The van der Waals surface area contributed by atoms with Crippen LogP contribution in [0.15, 0.2) is 18.2 Å². The molecule has 0 saturated carbocycles. The molecule has 2 N–H and O–H groups in total. The second-order valence-corrected chi connectivity index (χ2v) is 6.41. The summed E-state index contributed by atoms with van der Waals surface area (Å²) in [6.45, 7) is 3.40. The van der Waals surface area contributed by atoms with Crippen molar-refractivity contribution in [3.63, 3.8) is 0 Å². The number of benzene rings is 1. The van der Waals surface area contributed by atoms with Gasteiger partial charge in [-0.25, -0.2) is 9.78 Å². The number of carbonyl (C=O) groups excluding carboxylic acids is 1. The number of rotatable bonds is 7. The molecule has 0 spiro atoms. The van der Waals surface area contributed by atoms with E-state index >= 15 is 0 Å². The van der Waals surface area contributed by atoms with Crippen molar-refractivity contribution in [1.82, 2.24) is 10.3 Å². The summed E-state index contributed by atoms with van der Waals surface area (Å²) >= 11 is 1.06. The number of carboxylic acids is 1. The van der Waals surface area contributed by atoms with Gasteiger partial charge in [0.25, 0.3) is 0 Å². The van der Waals surface area contributed by atoms with E-state index in [-0.39, 0.29) is 17.2 Å². The molecule has 1 atom stereocenters. The standard InChI is InChI=1S/C17H20N2O5S/c1-9-15(17(21)22)25-16(19-9)10(2)18-14(20)8-11-12(23-3)6-5-7-13(11)24-4/h5-7,10H,8H2,1-4H3,(H,18,20)(H,21,22). The average Bonchev–Trinajstić information content (AvgIpc) is 2.97. The second-order valence-electron chi connectivity index (χ2n) is 5.38. The van der Waals surface area contributed by atoms with E-state index in [9.17, 15) is 9.59 Å². The normalized spacial score (nSPS) is 11.7. The van der Waals surface area contributed by atoms with Gasteiger partial charge in [-0.15, -0.1) is 11.3 Å². The zero-order valence-electron chi connectivity index (χ0n) is 14.5. The number of carboxylic acid groups (broad SMARTS) is 1. The zero-order valence-corrected chi connectivity index (χ0v) is 15.3. The van der Waals surface area contributed by atoms with E-state index in [1.807, 2.05) is 0 Å². The van der Waals surface area contributed by atoms with Gasteiger partial charge in [0.1, 0.15) is 21.4 Å². The fraction of sp³-hybridized carbons (Fsp3) is 0.353. The second kappa shape index (κ2) is 7.98. The molecule has 1 amide bonds. The number of nitrogens with zero attached hydrogens (tertiary/aromatic N) is 1. The number of methoxy groups -OCH3 is 2. The predicted octanol–water partition coefficient (Wildman–Crippen LogP) is 2.59. The Morgan fingerprint density at radius 2 is 1.88 bits per heavy atom. The quantitative estimate of drug-likeness (QED) is 0.784. The summed E-state index contributed by atoms with van der Waals surface area (Å²) in [5, 5.41) is 12.5. The summed E-state index contributed by atoms with van der Waals surface area (Å²) in [4.78, 5) is 27.9. The minimum absolute atomic E-state index is 0.0771. The van der Waals surface area contributed by atoms with Crippen molar-refractivity contribution in [1.29, 1.82) is 0 Å². The van der Waals surface area contributed by atoms with Crippen LogP contribution in [0.1, 0.15) is 38.9 Å². The van der Waals surface area contributed by atoms with Gasteiger partial charge in [-0.3, -0.25) is 4.79 Å². The van der Waals surface area contributed by atoms with Gasteiger partial charge in [0.15, 0.2) is 0 Å². The van der Waals surface area contributed by atoms with Crippen molar-refractivity contribution < 1.29 is 24.2 Å². The number of aromatic nitrogens is 1. The Morgan fingerprint density at radius 3 is 2.36 bits per heavy atom. The molecule has 0 aliphatic heterocycles. The number of ether oxygens (including phenoxy) is 2. The molecule has 2 aromatic rings. The van der Waals surface area contributed by atoms with Gasteiger partial charge in [-0.05, 0) is 26.0 Å². The first-order chi connectivity index (χ1) is 11.9. The van der Waals surface area contributed by atoms with Crippen LogP contribution < -0.4 is 14.8 Å². The van der Waals surface area contributed by atoms with E-state index < -0.39 is 12.0 Å². The molecule has 2 rings (SSSR count). The highest BCUT2D eigenvalue weighted by atomic mass is 32.1. The molecular formula is C17H20N2O5S. The molecule has 1 unspecified atom stereocenters. The molecule has 1 aromatic carbocycles. The predicted molar refractivity (Wildman–Crippen MR) is 93.6 cm³/mol. The van der Waals surface area contributed by atoms with E-state index in [4.69, 9.17) is 14.6 Å². The van der Waals surface area contributed by atoms with Crippen molar-refractivity contribution >= 4 is 23.2 Å². The van der Waals surface area contributed by atoms with Gasteiger partial charge in [0, 0.05) is 5.56 Å². The fourth-order valence-corrected chi connectivity index (χ4v) is 3.33. The Balaban J connectivity index is 2.13. The first-order valence-corrected chi connectivity index (χ1v) is 8.38. The summed E-state index contributed by atoms with van der Waals surface area (Å²) in [5.41, 5.74) is 1.10. The first-order valence-electron chi connectivity index (χ1n) is 7.57. The fourth-order valence-electron chi connectivity index (χ4n) is 2.42. The van der Waals surface area contributed by atoms with Crippen molar-refractivity contribution in [3.05, 3.63) is 39.3 Å². The SMILES string of the molecule is COc1cccc(OC)c1CC(=O)NC(C)c1nc(C)c(C(=O)O)s1. The highest BCUT2D eigenvalue weighted by molar-refractivity contribution is 7.13. The van der Waals surface area contributed by atoms with Crippen LogP contribution in [0.3, 0.4) is 0 Å². The molecule has 1 aromatic heterocycles. The highest BCUT2D eigenvalue weighted by Crippen LogP contribution is 2.29. The number of thiazole rings is 1. The molecule has 134 valence electrons. The maximum absolute atomic E-state index is 12.4. The minimum Gasteiger partial charge on any atom is -0.496 e. The molecule has 7 nitrogen and oxygen atoms in total. The number of aromatic carboxylic acids is 1. The Morgan fingerprint density at radius 1 is 1.28 bits per heavy atom. The molecule has 0 saturated heterocycles.